The Morgan fingerprint density at radius 1 is 1.00 bits per heavy atom. The van der Waals surface area contributed by atoms with Gasteiger partial charge in [0, 0.05) is 43.9 Å². The van der Waals surface area contributed by atoms with Gasteiger partial charge >= 0.3 is 0 Å². The predicted octanol–water partition coefficient (Wildman–Crippen LogP) is -0.256. The van der Waals surface area contributed by atoms with Gasteiger partial charge in [0.15, 0.2) is 0 Å². The lowest BCUT2D eigenvalue weighted by atomic mass is 10.1. The van der Waals surface area contributed by atoms with Crippen LogP contribution >= 0.6 is 0 Å². The number of amides is 4. The minimum absolute atomic E-state index is 0.0595. The zero-order valence-corrected chi connectivity index (χ0v) is 14.3. The monoisotopic (exact) mass is 356 g/mol. The van der Waals surface area contributed by atoms with Crippen molar-refractivity contribution >= 4 is 29.3 Å². The van der Waals surface area contributed by atoms with E-state index < -0.39 is 6.04 Å². The first-order valence-electron chi connectivity index (χ1n) is 8.81. The van der Waals surface area contributed by atoms with Crippen LogP contribution in [0.4, 0.5) is 5.69 Å². The van der Waals surface area contributed by atoms with Crippen LogP contribution in [0, 0.1) is 0 Å². The quantitative estimate of drug-likeness (QED) is 0.763. The Balaban J connectivity index is 1.37. The fraction of sp³-hybridized carbons (Fsp3) is 0.444. The summed E-state index contributed by atoms with van der Waals surface area (Å²) >= 11 is 0. The molecule has 2 saturated heterocycles. The van der Waals surface area contributed by atoms with E-state index in [4.69, 9.17) is 0 Å². The SMILES string of the molecule is O=C1Cc2cc(C(=O)N3CCN(C(=O)C4CCC(=O)N4)CC3)ccc2N1. The summed E-state index contributed by atoms with van der Waals surface area (Å²) in [5.41, 5.74) is 2.16. The van der Waals surface area contributed by atoms with Gasteiger partial charge in [-0.1, -0.05) is 0 Å². The molecule has 0 spiro atoms. The second kappa shape index (κ2) is 6.44. The van der Waals surface area contributed by atoms with E-state index in [-0.39, 0.29) is 23.6 Å². The molecule has 26 heavy (non-hydrogen) atoms. The van der Waals surface area contributed by atoms with Crippen molar-refractivity contribution in [1.82, 2.24) is 15.1 Å². The second-order valence-electron chi connectivity index (χ2n) is 6.87. The molecule has 3 aliphatic rings. The first-order chi connectivity index (χ1) is 12.5. The number of benzene rings is 1. The van der Waals surface area contributed by atoms with Gasteiger partial charge in [0.1, 0.15) is 6.04 Å². The molecule has 4 rings (SSSR count). The fourth-order valence-corrected chi connectivity index (χ4v) is 3.69. The van der Waals surface area contributed by atoms with Gasteiger partial charge in [-0.3, -0.25) is 19.2 Å². The number of hydrogen-bond acceptors (Lipinski definition) is 4. The standard InChI is InChI=1S/C18H20N4O4/c23-15-4-3-14(20-15)18(26)22-7-5-21(6-8-22)17(25)11-1-2-13-12(9-11)10-16(24)19-13/h1-2,9,14H,3-8,10H2,(H,19,24)(H,20,23). The third kappa shape index (κ3) is 3.02. The highest BCUT2D eigenvalue weighted by Gasteiger charge is 2.33. The highest BCUT2D eigenvalue weighted by atomic mass is 16.2. The lowest BCUT2D eigenvalue weighted by Crippen LogP contribution is -2.54. The van der Waals surface area contributed by atoms with E-state index in [0.29, 0.717) is 51.0 Å². The number of carbonyl (C=O) groups excluding carboxylic acids is 4. The molecule has 2 N–H and O–H groups in total. The summed E-state index contributed by atoms with van der Waals surface area (Å²) in [6.45, 7) is 1.84. The number of carbonyl (C=O) groups is 4. The maximum atomic E-state index is 12.7. The van der Waals surface area contributed by atoms with Crippen LogP contribution < -0.4 is 10.6 Å². The van der Waals surface area contributed by atoms with E-state index in [9.17, 15) is 19.2 Å². The Hall–Kier alpha value is -2.90. The number of nitrogens with zero attached hydrogens (tertiary/aromatic N) is 2. The molecule has 0 aromatic heterocycles. The molecule has 8 nitrogen and oxygen atoms in total. The van der Waals surface area contributed by atoms with Crippen LogP contribution in [0.25, 0.3) is 0 Å². The molecule has 0 saturated carbocycles. The summed E-state index contributed by atoms with van der Waals surface area (Å²) in [7, 11) is 0. The van der Waals surface area contributed by atoms with Crippen molar-refractivity contribution in [2.45, 2.75) is 25.3 Å². The largest absolute Gasteiger partial charge is 0.344 e. The van der Waals surface area contributed by atoms with Crippen molar-refractivity contribution in [1.29, 1.82) is 0 Å². The second-order valence-corrected chi connectivity index (χ2v) is 6.87. The highest BCUT2D eigenvalue weighted by Crippen LogP contribution is 2.24. The number of nitrogens with one attached hydrogen (secondary N) is 2. The van der Waals surface area contributed by atoms with Gasteiger partial charge in [0.25, 0.3) is 5.91 Å². The molecule has 0 bridgehead atoms. The maximum Gasteiger partial charge on any atom is 0.253 e. The van der Waals surface area contributed by atoms with Gasteiger partial charge in [-0.15, -0.1) is 0 Å². The zero-order valence-electron chi connectivity index (χ0n) is 14.3. The minimum Gasteiger partial charge on any atom is -0.344 e. The molecule has 1 atom stereocenters. The maximum absolute atomic E-state index is 12.7. The molecule has 1 aromatic carbocycles. The molecule has 2 fully saturated rings. The smallest absolute Gasteiger partial charge is 0.253 e. The van der Waals surface area contributed by atoms with Crippen LogP contribution in [0.15, 0.2) is 18.2 Å². The predicted molar refractivity (Wildman–Crippen MR) is 92.4 cm³/mol. The van der Waals surface area contributed by atoms with Gasteiger partial charge in [0.05, 0.1) is 6.42 Å². The van der Waals surface area contributed by atoms with Crippen molar-refractivity contribution < 1.29 is 19.2 Å². The van der Waals surface area contributed by atoms with Gasteiger partial charge < -0.3 is 20.4 Å². The lowest BCUT2D eigenvalue weighted by molar-refractivity contribution is -0.135. The Bertz CT molecular complexity index is 798. The number of piperazine rings is 1. The van der Waals surface area contributed by atoms with E-state index in [1.54, 1.807) is 28.0 Å². The summed E-state index contributed by atoms with van der Waals surface area (Å²) in [5, 5.41) is 5.45. The molecule has 0 aliphatic carbocycles. The third-order valence-corrected chi connectivity index (χ3v) is 5.15. The van der Waals surface area contributed by atoms with Gasteiger partial charge in [-0.25, -0.2) is 0 Å². The molecule has 0 radical (unpaired) electrons. The molecule has 3 heterocycles. The molecule has 8 heteroatoms. The number of hydrogen-bond donors (Lipinski definition) is 2. The van der Waals surface area contributed by atoms with Crippen molar-refractivity contribution in [2.24, 2.45) is 0 Å². The molecular formula is C18H20N4O4. The summed E-state index contributed by atoms with van der Waals surface area (Å²) in [5.74, 6) is -0.295. The highest BCUT2D eigenvalue weighted by molar-refractivity contribution is 6.01. The zero-order chi connectivity index (χ0) is 18.3. The summed E-state index contributed by atoms with van der Waals surface area (Å²) < 4.78 is 0. The Morgan fingerprint density at radius 3 is 2.42 bits per heavy atom. The Morgan fingerprint density at radius 2 is 1.73 bits per heavy atom. The minimum atomic E-state index is -0.425. The van der Waals surface area contributed by atoms with Crippen molar-refractivity contribution in [2.75, 3.05) is 31.5 Å². The molecule has 1 aromatic rings. The first-order valence-corrected chi connectivity index (χ1v) is 8.81. The van der Waals surface area contributed by atoms with E-state index in [0.717, 1.165) is 11.3 Å². The van der Waals surface area contributed by atoms with Crippen LogP contribution in [0.2, 0.25) is 0 Å². The molecule has 136 valence electrons. The van der Waals surface area contributed by atoms with Crippen molar-refractivity contribution in [3.63, 3.8) is 0 Å². The topological polar surface area (TPSA) is 98.8 Å². The lowest BCUT2D eigenvalue weighted by Gasteiger charge is -2.36. The summed E-state index contributed by atoms with van der Waals surface area (Å²) in [4.78, 5) is 51.3. The first kappa shape index (κ1) is 16.6. The van der Waals surface area contributed by atoms with Crippen molar-refractivity contribution in [3.8, 4) is 0 Å². The Labute approximate surface area is 150 Å². The molecule has 1 unspecified atom stereocenters. The number of rotatable bonds is 2. The average Bonchev–Trinajstić information content (AvgIpc) is 3.24. The van der Waals surface area contributed by atoms with E-state index in [1.807, 2.05) is 0 Å². The van der Waals surface area contributed by atoms with Crippen LogP contribution in [-0.4, -0.2) is 65.6 Å². The summed E-state index contributed by atoms with van der Waals surface area (Å²) in [6, 6.07) is 4.82. The normalized spacial score (nSPS) is 22.1. The van der Waals surface area contributed by atoms with Crippen LogP contribution in [0.5, 0.6) is 0 Å². The number of anilines is 1. The van der Waals surface area contributed by atoms with E-state index in [1.165, 1.54) is 0 Å². The molecule has 4 amide bonds. The number of fused-ring (bicyclic) bond motifs is 1. The van der Waals surface area contributed by atoms with E-state index >= 15 is 0 Å². The molecule has 3 aliphatic heterocycles. The Kier molecular flexibility index (Phi) is 4.10. The van der Waals surface area contributed by atoms with Crippen LogP contribution in [0.1, 0.15) is 28.8 Å². The molecular weight excluding hydrogens is 336 g/mol. The van der Waals surface area contributed by atoms with Gasteiger partial charge in [-0.05, 0) is 30.2 Å². The fourth-order valence-electron chi connectivity index (χ4n) is 3.69. The van der Waals surface area contributed by atoms with Crippen molar-refractivity contribution in [3.05, 3.63) is 29.3 Å². The van der Waals surface area contributed by atoms with Crippen LogP contribution in [0.3, 0.4) is 0 Å². The van der Waals surface area contributed by atoms with Gasteiger partial charge in [-0.2, -0.15) is 0 Å². The summed E-state index contributed by atoms with van der Waals surface area (Å²) in [6.07, 6.45) is 1.23. The van der Waals surface area contributed by atoms with Crippen LogP contribution in [-0.2, 0) is 20.8 Å². The third-order valence-electron chi connectivity index (χ3n) is 5.15. The average molecular weight is 356 g/mol. The van der Waals surface area contributed by atoms with Gasteiger partial charge in [0.2, 0.25) is 17.7 Å². The van der Waals surface area contributed by atoms with E-state index in [2.05, 4.69) is 10.6 Å².